The van der Waals surface area contributed by atoms with Crippen LogP contribution in [0.15, 0.2) is 0 Å². The van der Waals surface area contributed by atoms with E-state index in [1.165, 1.54) is 0 Å². The summed E-state index contributed by atoms with van der Waals surface area (Å²) in [6.07, 6.45) is 2.88. The lowest BCUT2D eigenvalue weighted by atomic mass is 9.92. The number of hydrogen-bond acceptors (Lipinski definition) is 3. The molecular formula is C15H26N2O4. The maximum absolute atomic E-state index is 12.2. The van der Waals surface area contributed by atoms with Crippen molar-refractivity contribution in [2.24, 2.45) is 11.3 Å². The normalized spacial score (nSPS) is 19.2. The number of aliphatic carboxylic acids is 1. The summed E-state index contributed by atoms with van der Waals surface area (Å²) in [4.78, 5) is 36.8. The summed E-state index contributed by atoms with van der Waals surface area (Å²) in [6.45, 7) is 6.36. The fourth-order valence-corrected chi connectivity index (χ4v) is 2.32. The number of carbonyl (C=O) groups is 3. The summed E-state index contributed by atoms with van der Waals surface area (Å²) in [6, 6.07) is 0. The van der Waals surface area contributed by atoms with Crippen molar-refractivity contribution in [2.45, 2.75) is 46.5 Å². The molecule has 0 radical (unpaired) electrons. The number of hydrogen-bond donors (Lipinski definition) is 2. The van der Waals surface area contributed by atoms with Gasteiger partial charge in [0.05, 0.1) is 11.3 Å². The first-order chi connectivity index (χ1) is 9.77. The maximum atomic E-state index is 12.2. The molecule has 0 saturated carbocycles. The number of rotatable bonds is 6. The van der Waals surface area contributed by atoms with Gasteiger partial charge >= 0.3 is 5.97 Å². The second-order valence-electron chi connectivity index (χ2n) is 6.34. The lowest BCUT2D eigenvalue weighted by Crippen LogP contribution is -2.47. The van der Waals surface area contributed by atoms with Gasteiger partial charge in [-0.2, -0.15) is 0 Å². The first kappa shape index (κ1) is 17.5. The van der Waals surface area contributed by atoms with E-state index in [2.05, 4.69) is 5.32 Å². The lowest BCUT2D eigenvalue weighted by molar-refractivity contribution is -0.146. The second-order valence-corrected chi connectivity index (χ2v) is 6.34. The Morgan fingerprint density at radius 3 is 2.57 bits per heavy atom. The van der Waals surface area contributed by atoms with Crippen LogP contribution in [-0.4, -0.2) is 47.4 Å². The van der Waals surface area contributed by atoms with E-state index in [1.807, 2.05) is 6.92 Å². The van der Waals surface area contributed by atoms with Crippen molar-refractivity contribution >= 4 is 17.8 Å². The standard InChI is InChI=1S/C15H26N2O4/c1-4-6-12(18)17-8-5-7-11(9-17)13(19)16-10-15(2,3)14(20)21/h11H,4-10H2,1-3H3,(H,16,19)(H,20,21). The van der Waals surface area contributed by atoms with Crippen LogP contribution in [0.3, 0.4) is 0 Å². The van der Waals surface area contributed by atoms with E-state index in [4.69, 9.17) is 5.11 Å². The van der Waals surface area contributed by atoms with Gasteiger partial charge in [-0.1, -0.05) is 6.92 Å². The summed E-state index contributed by atoms with van der Waals surface area (Å²) in [7, 11) is 0. The van der Waals surface area contributed by atoms with E-state index < -0.39 is 11.4 Å². The molecule has 0 aromatic carbocycles. The molecule has 0 spiro atoms. The fraction of sp³-hybridized carbons (Fsp3) is 0.800. The van der Waals surface area contributed by atoms with Gasteiger partial charge in [-0.3, -0.25) is 14.4 Å². The maximum Gasteiger partial charge on any atom is 0.310 e. The highest BCUT2D eigenvalue weighted by Gasteiger charge is 2.31. The molecule has 1 fully saturated rings. The van der Waals surface area contributed by atoms with Crippen LogP contribution < -0.4 is 5.32 Å². The van der Waals surface area contributed by atoms with Gasteiger partial charge in [-0.15, -0.1) is 0 Å². The Morgan fingerprint density at radius 2 is 2.00 bits per heavy atom. The van der Waals surface area contributed by atoms with Crippen LogP contribution in [0.1, 0.15) is 46.5 Å². The third kappa shape index (κ3) is 5.02. The van der Waals surface area contributed by atoms with Crippen molar-refractivity contribution < 1.29 is 19.5 Å². The highest BCUT2D eigenvalue weighted by molar-refractivity contribution is 5.82. The Hall–Kier alpha value is -1.59. The van der Waals surface area contributed by atoms with Gasteiger partial charge < -0.3 is 15.3 Å². The number of carboxylic acids is 1. The average Bonchev–Trinajstić information content (AvgIpc) is 2.45. The monoisotopic (exact) mass is 298 g/mol. The van der Waals surface area contributed by atoms with E-state index in [0.29, 0.717) is 19.5 Å². The summed E-state index contributed by atoms with van der Waals surface area (Å²) >= 11 is 0. The average molecular weight is 298 g/mol. The van der Waals surface area contributed by atoms with Gasteiger partial charge in [0, 0.05) is 26.1 Å². The smallest absolute Gasteiger partial charge is 0.310 e. The fourth-order valence-electron chi connectivity index (χ4n) is 2.32. The van der Waals surface area contributed by atoms with Gasteiger partial charge in [0.1, 0.15) is 0 Å². The van der Waals surface area contributed by atoms with Crippen LogP contribution in [0.25, 0.3) is 0 Å². The first-order valence-electron chi connectivity index (χ1n) is 7.56. The summed E-state index contributed by atoms with van der Waals surface area (Å²) in [5.74, 6) is -1.23. The SMILES string of the molecule is CCCC(=O)N1CCCC(C(=O)NCC(C)(C)C(=O)O)C1. The molecule has 6 nitrogen and oxygen atoms in total. The summed E-state index contributed by atoms with van der Waals surface area (Å²) < 4.78 is 0. The largest absolute Gasteiger partial charge is 0.481 e. The molecule has 1 unspecified atom stereocenters. The highest BCUT2D eigenvalue weighted by atomic mass is 16.4. The minimum atomic E-state index is -0.984. The van der Waals surface area contributed by atoms with Gasteiger partial charge in [-0.05, 0) is 33.1 Å². The Morgan fingerprint density at radius 1 is 1.33 bits per heavy atom. The zero-order valence-corrected chi connectivity index (χ0v) is 13.1. The molecule has 0 aliphatic carbocycles. The van der Waals surface area contributed by atoms with Crippen LogP contribution in [0.2, 0.25) is 0 Å². The zero-order chi connectivity index (χ0) is 16.0. The van der Waals surface area contributed by atoms with Crippen LogP contribution in [0.4, 0.5) is 0 Å². The molecule has 2 amide bonds. The number of amides is 2. The van der Waals surface area contributed by atoms with Crippen molar-refractivity contribution in [3.05, 3.63) is 0 Å². The molecule has 1 atom stereocenters. The molecule has 6 heteroatoms. The predicted octanol–water partition coefficient (Wildman–Crippen LogP) is 1.25. The number of carbonyl (C=O) groups excluding carboxylic acids is 2. The van der Waals surface area contributed by atoms with Gasteiger partial charge in [0.2, 0.25) is 11.8 Å². The minimum absolute atomic E-state index is 0.0978. The van der Waals surface area contributed by atoms with Crippen LogP contribution in [0, 0.1) is 11.3 Å². The van der Waals surface area contributed by atoms with Crippen molar-refractivity contribution in [3.63, 3.8) is 0 Å². The van der Waals surface area contributed by atoms with Gasteiger partial charge in [-0.25, -0.2) is 0 Å². The lowest BCUT2D eigenvalue weighted by Gasteiger charge is -2.32. The predicted molar refractivity (Wildman–Crippen MR) is 78.6 cm³/mol. The molecule has 1 heterocycles. The molecule has 1 aliphatic rings. The zero-order valence-electron chi connectivity index (χ0n) is 13.1. The molecule has 2 N–H and O–H groups in total. The Balaban J connectivity index is 2.51. The summed E-state index contributed by atoms with van der Waals surface area (Å²) in [5, 5.41) is 11.7. The molecular weight excluding hydrogens is 272 g/mol. The van der Waals surface area contributed by atoms with E-state index in [-0.39, 0.29) is 24.3 Å². The molecule has 0 aromatic rings. The van der Waals surface area contributed by atoms with Crippen molar-refractivity contribution in [1.82, 2.24) is 10.2 Å². The van der Waals surface area contributed by atoms with E-state index in [0.717, 1.165) is 19.3 Å². The Kier molecular flexibility index (Phi) is 6.18. The van der Waals surface area contributed by atoms with Crippen molar-refractivity contribution in [2.75, 3.05) is 19.6 Å². The van der Waals surface area contributed by atoms with E-state index in [1.54, 1.807) is 18.7 Å². The molecule has 120 valence electrons. The molecule has 1 aliphatic heterocycles. The minimum Gasteiger partial charge on any atom is -0.481 e. The van der Waals surface area contributed by atoms with Crippen LogP contribution >= 0.6 is 0 Å². The Bertz CT molecular complexity index is 406. The van der Waals surface area contributed by atoms with Crippen molar-refractivity contribution in [1.29, 1.82) is 0 Å². The number of carboxylic acid groups (broad SMARTS) is 1. The first-order valence-corrected chi connectivity index (χ1v) is 7.56. The molecule has 1 saturated heterocycles. The molecule has 1 rings (SSSR count). The summed E-state index contributed by atoms with van der Waals surface area (Å²) in [5.41, 5.74) is -0.984. The van der Waals surface area contributed by atoms with Gasteiger partial charge in [0.25, 0.3) is 0 Å². The van der Waals surface area contributed by atoms with E-state index >= 15 is 0 Å². The second kappa shape index (κ2) is 7.43. The molecule has 21 heavy (non-hydrogen) atoms. The Labute approximate surface area is 125 Å². The molecule has 0 bridgehead atoms. The third-order valence-corrected chi connectivity index (χ3v) is 3.89. The number of likely N-dealkylation sites (tertiary alicyclic amines) is 1. The number of piperidine rings is 1. The number of nitrogens with one attached hydrogen (secondary N) is 1. The molecule has 0 aromatic heterocycles. The van der Waals surface area contributed by atoms with E-state index in [9.17, 15) is 14.4 Å². The highest BCUT2D eigenvalue weighted by Crippen LogP contribution is 2.19. The number of nitrogens with zero attached hydrogens (tertiary/aromatic N) is 1. The quantitative estimate of drug-likeness (QED) is 0.772. The van der Waals surface area contributed by atoms with Crippen molar-refractivity contribution in [3.8, 4) is 0 Å². The van der Waals surface area contributed by atoms with Gasteiger partial charge in [0.15, 0.2) is 0 Å². The third-order valence-electron chi connectivity index (χ3n) is 3.89. The van der Waals surface area contributed by atoms with Crippen LogP contribution in [-0.2, 0) is 14.4 Å². The topological polar surface area (TPSA) is 86.7 Å². The van der Waals surface area contributed by atoms with Crippen LogP contribution in [0.5, 0.6) is 0 Å².